The monoisotopic (exact) mass is 279 g/mol. The third-order valence-electron chi connectivity index (χ3n) is 3.90. The zero-order valence-electron chi connectivity index (χ0n) is 12.4. The number of nitrogens with one attached hydrogen (secondary N) is 2. The van der Waals surface area contributed by atoms with Crippen LogP contribution in [0, 0.1) is 5.41 Å². The van der Waals surface area contributed by atoms with E-state index in [1.165, 1.54) is 17.7 Å². The lowest BCUT2D eigenvalue weighted by atomic mass is 9.91. The molecule has 0 saturated heterocycles. The highest BCUT2D eigenvalue weighted by atomic mass is 32.1. The maximum absolute atomic E-state index is 4.30. The van der Waals surface area contributed by atoms with Gasteiger partial charge in [0.25, 0.3) is 0 Å². The molecule has 4 heteroatoms. The van der Waals surface area contributed by atoms with E-state index in [-0.39, 0.29) is 5.41 Å². The molecule has 1 fully saturated rings. The van der Waals surface area contributed by atoms with Gasteiger partial charge in [-0.05, 0) is 29.7 Å². The molecule has 1 heterocycles. The molecule has 1 aliphatic carbocycles. The summed E-state index contributed by atoms with van der Waals surface area (Å²) in [4.78, 5) is 5.71. The first-order valence-corrected chi connectivity index (χ1v) is 7.82. The van der Waals surface area contributed by atoms with Crippen LogP contribution in [0.3, 0.4) is 0 Å². The molecule has 1 aromatic rings. The lowest BCUT2D eigenvalue weighted by molar-refractivity contribution is 0.508. The van der Waals surface area contributed by atoms with Crippen molar-refractivity contribution in [1.82, 2.24) is 10.6 Å². The van der Waals surface area contributed by atoms with Crippen LogP contribution in [0.4, 0.5) is 0 Å². The van der Waals surface area contributed by atoms with Gasteiger partial charge in [0.05, 0.1) is 0 Å². The number of hydrogen-bond donors (Lipinski definition) is 2. The van der Waals surface area contributed by atoms with Gasteiger partial charge in [-0.1, -0.05) is 26.8 Å². The van der Waals surface area contributed by atoms with Crippen molar-refractivity contribution >= 4 is 17.3 Å². The minimum absolute atomic E-state index is 0.134. The van der Waals surface area contributed by atoms with E-state index in [9.17, 15) is 0 Å². The van der Waals surface area contributed by atoms with Crippen LogP contribution in [0.25, 0.3) is 0 Å². The molecule has 0 bridgehead atoms. The summed E-state index contributed by atoms with van der Waals surface area (Å²) in [6.45, 7) is 8.77. The Hall–Kier alpha value is -1.03. The third kappa shape index (κ3) is 3.96. The summed E-state index contributed by atoms with van der Waals surface area (Å²) in [5, 5.41) is 9.01. The van der Waals surface area contributed by atoms with Crippen molar-refractivity contribution in [3.8, 4) is 0 Å². The van der Waals surface area contributed by atoms with Gasteiger partial charge in [0, 0.05) is 30.4 Å². The van der Waals surface area contributed by atoms with Crippen molar-refractivity contribution in [2.45, 2.75) is 39.0 Å². The van der Waals surface area contributed by atoms with Gasteiger partial charge in [-0.2, -0.15) is 0 Å². The Kier molecular flexibility index (Phi) is 4.19. The summed E-state index contributed by atoms with van der Waals surface area (Å²) in [5.74, 6) is 0.915. The van der Waals surface area contributed by atoms with Crippen molar-refractivity contribution in [2.24, 2.45) is 10.4 Å². The molecule has 0 unspecified atom stereocenters. The first kappa shape index (κ1) is 14.4. The van der Waals surface area contributed by atoms with Gasteiger partial charge in [0.2, 0.25) is 0 Å². The fourth-order valence-corrected chi connectivity index (χ4v) is 2.82. The average Bonchev–Trinajstić information content (AvgIpc) is 2.90. The number of guanidine groups is 1. The lowest BCUT2D eigenvalue weighted by Crippen LogP contribution is -2.44. The van der Waals surface area contributed by atoms with Crippen molar-refractivity contribution < 1.29 is 0 Å². The van der Waals surface area contributed by atoms with E-state index in [0.29, 0.717) is 5.41 Å². The Labute approximate surface area is 120 Å². The molecule has 1 aromatic heterocycles. The van der Waals surface area contributed by atoms with Crippen molar-refractivity contribution in [3.63, 3.8) is 0 Å². The van der Waals surface area contributed by atoms with Crippen LogP contribution in [-0.4, -0.2) is 26.1 Å². The van der Waals surface area contributed by atoms with E-state index in [1.807, 2.05) is 18.4 Å². The van der Waals surface area contributed by atoms with E-state index in [0.717, 1.165) is 19.0 Å². The van der Waals surface area contributed by atoms with Gasteiger partial charge >= 0.3 is 0 Å². The third-order valence-corrected chi connectivity index (χ3v) is 5.13. The van der Waals surface area contributed by atoms with Crippen molar-refractivity contribution in [3.05, 3.63) is 22.4 Å². The fraction of sp³-hybridized carbons (Fsp3) is 0.667. The van der Waals surface area contributed by atoms with E-state index in [2.05, 4.69) is 53.9 Å². The average molecular weight is 279 g/mol. The van der Waals surface area contributed by atoms with Crippen molar-refractivity contribution in [1.29, 1.82) is 0 Å². The standard InChI is InChI=1S/C15H25N3S/c1-14(2,12-6-5-9-19-12)10-17-13(16-4)18-11-15(3)7-8-15/h5-6,9H,7-8,10-11H2,1-4H3,(H2,16,17,18). The molecule has 0 radical (unpaired) electrons. The topological polar surface area (TPSA) is 36.4 Å². The summed E-state index contributed by atoms with van der Waals surface area (Å²) in [6, 6.07) is 4.32. The van der Waals surface area contributed by atoms with Crippen LogP contribution in [0.15, 0.2) is 22.5 Å². The van der Waals surface area contributed by atoms with E-state index in [4.69, 9.17) is 0 Å². The maximum atomic E-state index is 4.30. The van der Waals surface area contributed by atoms with Gasteiger partial charge in [0.15, 0.2) is 5.96 Å². The highest BCUT2D eigenvalue weighted by Crippen LogP contribution is 2.43. The molecular formula is C15H25N3S. The molecule has 106 valence electrons. The number of aliphatic imine (C=N–C) groups is 1. The molecule has 0 aliphatic heterocycles. The molecule has 0 atom stereocenters. The van der Waals surface area contributed by atoms with E-state index in [1.54, 1.807) is 0 Å². The normalized spacial score (nSPS) is 18.2. The zero-order valence-corrected chi connectivity index (χ0v) is 13.2. The predicted molar refractivity (Wildman–Crippen MR) is 84.1 cm³/mol. The molecule has 0 amide bonds. The number of hydrogen-bond acceptors (Lipinski definition) is 2. The van der Waals surface area contributed by atoms with Gasteiger partial charge < -0.3 is 10.6 Å². The van der Waals surface area contributed by atoms with Crippen LogP contribution in [0.2, 0.25) is 0 Å². The molecule has 2 N–H and O–H groups in total. The highest BCUT2D eigenvalue weighted by Gasteiger charge is 2.37. The molecule has 19 heavy (non-hydrogen) atoms. The molecule has 0 aromatic carbocycles. The first-order valence-electron chi connectivity index (χ1n) is 6.94. The van der Waals surface area contributed by atoms with Crippen LogP contribution < -0.4 is 10.6 Å². The van der Waals surface area contributed by atoms with Crippen LogP contribution >= 0.6 is 11.3 Å². The predicted octanol–water partition coefficient (Wildman–Crippen LogP) is 2.99. The summed E-state index contributed by atoms with van der Waals surface area (Å²) in [6.07, 6.45) is 2.66. The Bertz CT molecular complexity index is 430. The second-order valence-electron chi connectivity index (χ2n) is 6.45. The second kappa shape index (κ2) is 5.53. The summed E-state index contributed by atoms with van der Waals surface area (Å²) < 4.78 is 0. The summed E-state index contributed by atoms with van der Waals surface area (Å²) >= 11 is 1.82. The van der Waals surface area contributed by atoms with Gasteiger partial charge in [-0.25, -0.2) is 0 Å². The van der Waals surface area contributed by atoms with E-state index >= 15 is 0 Å². The number of rotatable bonds is 5. The van der Waals surface area contributed by atoms with Crippen LogP contribution in [0.5, 0.6) is 0 Å². The number of nitrogens with zero attached hydrogens (tertiary/aromatic N) is 1. The summed E-state index contributed by atoms with van der Waals surface area (Å²) in [7, 11) is 1.84. The minimum Gasteiger partial charge on any atom is -0.356 e. The Balaban J connectivity index is 1.82. The largest absolute Gasteiger partial charge is 0.356 e. The maximum Gasteiger partial charge on any atom is 0.191 e. The van der Waals surface area contributed by atoms with Crippen LogP contribution in [-0.2, 0) is 5.41 Å². The SMILES string of the molecule is CN=C(NCC1(C)CC1)NCC(C)(C)c1cccs1. The molecule has 1 saturated carbocycles. The lowest BCUT2D eigenvalue weighted by Gasteiger charge is -2.25. The molecule has 3 nitrogen and oxygen atoms in total. The van der Waals surface area contributed by atoms with Crippen LogP contribution in [0.1, 0.15) is 38.5 Å². The number of thiophene rings is 1. The van der Waals surface area contributed by atoms with Gasteiger partial charge in [0.1, 0.15) is 0 Å². The van der Waals surface area contributed by atoms with Gasteiger partial charge in [-0.3, -0.25) is 4.99 Å². The fourth-order valence-electron chi connectivity index (χ4n) is 1.96. The Morgan fingerprint density at radius 3 is 2.68 bits per heavy atom. The zero-order chi connectivity index (χ0) is 13.9. The van der Waals surface area contributed by atoms with E-state index < -0.39 is 0 Å². The Morgan fingerprint density at radius 1 is 1.42 bits per heavy atom. The molecule has 2 rings (SSSR count). The first-order chi connectivity index (χ1) is 8.95. The van der Waals surface area contributed by atoms with Crippen molar-refractivity contribution in [2.75, 3.05) is 20.1 Å². The summed E-state index contributed by atoms with van der Waals surface area (Å²) in [5.41, 5.74) is 0.635. The highest BCUT2D eigenvalue weighted by molar-refractivity contribution is 7.10. The second-order valence-corrected chi connectivity index (χ2v) is 7.40. The molecule has 1 aliphatic rings. The molecule has 0 spiro atoms. The Morgan fingerprint density at radius 2 is 2.16 bits per heavy atom. The smallest absolute Gasteiger partial charge is 0.191 e. The quantitative estimate of drug-likeness (QED) is 0.642. The minimum atomic E-state index is 0.134. The molecular weight excluding hydrogens is 254 g/mol. The van der Waals surface area contributed by atoms with Gasteiger partial charge in [-0.15, -0.1) is 11.3 Å².